The largest absolute Gasteiger partial charge is 0.405 e. The number of amides is 1. The summed E-state index contributed by atoms with van der Waals surface area (Å²) in [5, 5.41) is 2.59. The van der Waals surface area contributed by atoms with Crippen LogP contribution in [-0.4, -0.2) is 23.6 Å². The van der Waals surface area contributed by atoms with Crippen molar-refractivity contribution in [1.82, 2.24) is 10.3 Å². The van der Waals surface area contributed by atoms with Crippen LogP contribution in [0.25, 0.3) is 10.8 Å². The average Bonchev–Trinajstić information content (AvgIpc) is 2.35. The van der Waals surface area contributed by atoms with Gasteiger partial charge >= 0.3 is 6.18 Å². The Hall–Kier alpha value is -2.31. The lowest BCUT2D eigenvalue weighted by molar-refractivity contribution is -0.123. The minimum atomic E-state index is -4.50. The van der Waals surface area contributed by atoms with Gasteiger partial charge in [0.1, 0.15) is 12.2 Å². The second-order valence-electron chi connectivity index (χ2n) is 4.40. The number of halogens is 3. The Morgan fingerprint density at radius 2 is 2.00 bits per heavy atom. The predicted molar refractivity (Wildman–Crippen MR) is 67.7 cm³/mol. The molecule has 7 heteroatoms. The molecule has 0 radical (unpaired) electrons. The first-order valence-electron chi connectivity index (χ1n) is 5.75. The molecule has 106 valence electrons. The number of hydrogen-bond acceptors (Lipinski definition) is 2. The normalized spacial score (nSPS) is 11.6. The molecule has 2 rings (SSSR count). The number of pyridine rings is 1. The minimum absolute atomic E-state index is 0.199. The number of aromatic nitrogens is 1. The lowest BCUT2D eigenvalue weighted by Crippen LogP contribution is -2.34. The lowest BCUT2D eigenvalue weighted by Gasteiger charge is -2.08. The van der Waals surface area contributed by atoms with Gasteiger partial charge in [-0.1, -0.05) is 17.7 Å². The number of aryl methyl sites for hydroxylation is 1. The standard InChI is InChI=1S/C13H11F3N2O2/c1-7-2-3-8-5-10(18-11(19)9(8)4-7)12(20)17-6-13(14,15)16/h2-5H,6H2,1H3,(H,17,20)(H,18,19). The van der Waals surface area contributed by atoms with Crippen LogP contribution in [0.15, 0.2) is 29.1 Å². The summed E-state index contributed by atoms with van der Waals surface area (Å²) in [7, 11) is 0. The van der Waals surface area contributed by atoms with Gasteiger partial charge in [0, 0.05) is 5.39 Å². The maximum atomic E-state index is 12.0. The van der Waals surface area contributed by atoms with Crippen molar-refractivity contribution in [2.75, 3.05) is 6.54 Å². The number of H-pyrrole nitrogens is 1. The fourth-order valence-electron chi connectivity index (χ4n) is 1.77. The summed E-state index contributed by atoms with van der Waals surface area (Å²) in [6.45, 7) is 0.364. The predicted octanol–water partition coefficient (Wildman–Crippen LogP) is 2.13. The molecule has 1 aromatic heterocycles. The highest BCUT2D eigenvalue weighted by atomic mass is 19.4. The van der Waals surface area contributed by atoms with Crippen LogP contribution in [0.2, 0.25) is 0 Å². The Labute approximate surface area is 111 Å². The van der Waals surface area contributed by atoms with Crippen molar-refractivity contribution in [3.05, 3.63) is 45.9 Å². The maximum absolute atomic E-state index is 12.0. The summed E-state index contributed by atoms with van der Waals surface area (Å²) in [5.41, 5.74) is 0.163. The number of rotatable bonds is 2. The Bertz CT molecular complexity index is 720. The van der Waals surface area contributed by atoms with Crippen molar-refractivity contribution in [3.8, 4) is 0 Å². The smallest absolute Gasteiger partial charge is 0.342 e. The average molecular weight is 284 g/mol. The van der Waals surface area contributed by atoms with Crippen molar-refractivity contribution in [1.29, 1.82) is 0 Å². The van der Waals surface area contributed by atoms with Crippen LogP contribution in [0.3, 0.4) is 0 Å². The zero-order valence-corrected chi connectivity index (χ0v) is 10.5. The zero-order chi connectivity index (χ0) is 14.9. The molecule has 4 nitrogen and oxygen atoms in total. The highest BCUT2D eigenvalue weighted by Crippen LogP contribution is 2.14. The number of carbonyl (C=O) groups excluding carboxylic acids is 1. The van der Waals surface area contributed by atoms with Crippen LogP contribution < -0.4 is 10.9 Å². The molecule has 2 aromatic rings. The van der Waals surface area contributed by atoms with Gasteiger partial charge in [-0.2, -0.15) is 13.2 Å². The molecule has 0 saturated heterocycles. The molecule has 0 fully saturated rings. The molecule has 0 unspecified atom stereocenters. The van der Waals surface area contributed by atoms with E-state index in [1.165, 1.54) is 6.07 Å². The van der Waals surface area contributed by atoms with Gasteiger partial charge in [0.2, 0.25) is 0 Å². The van der Waals surface area contributed by atoms with Gasteiger partial charge in [-0.05, 0) is 24.4 Å². The van der Waals surface area contributed by atoms with E-state index in [1.807, 2.05) is 6.92 Å². The van der Waals surface area contributed by atoms with Crippen LogP contribution in [0, 0.1) is 6.92 Å². The summed E-state index contributed by atoms with van der Waals surface area (Å²) < 4.78 is 36.1. The van der Waals surface area contributed by atoms with E-state index in [9.17, 15) is 22.8 Å². The number of carbonyl (C=O) groups is 1. The number of nitrogens with one attached hydrogen (secondary N) is 2. The van der Waals surface area contributed by atoms with Gasteiger partial charge in [-0.3, -0.25) is 9.59 Å². The molecule has 0 aliphatic heterocycles. The van der Waals surface area contributed by atoms with Crippen molar-refractivity contribution in [3.63, 3.8) is 0 Å². The van der Waals surface area contributed by atoms with Crippen LogP contribution >= 0.6 is 0 Å². The molecule has 1 heterocycles. The van der Waals surface area contributed by atoms with Crippen LogP contribution in [0.5, 0.6) is 0 Å². The van der Waals surface area contributed by atoms with Gasteiger partial charge in [0.25, 0.3) is 11.5 Å². The quantitative estimate of drug-likeness (QED) is 0.887. The number of benzene rings is 1. The molecule has 0 atom stereocenters. The van der Waals surface area contributed by atoms with Gasteiger partial charge in [-0.15, -0.1) is 0 Å². The number of hydrogen-bond donors (Lipinski definition) is 2. The monoisotopic (exact) mass is 284 g/mol. The molecule has 20 heavy (non-hydrogen) atoms. The molecule has 1 amide bonds. The summed E-state index contributed by atoms with van der Waals surface area (Å²) in [6, 6.07) is 6.38. The molecule has 0 aliphatic carbocycles. The van der Waals surface area contributed by atoms with E-state index in [0.717, 1.165) is 5.56 Å². The molecule has 2 N–H and O–H groups in total. The molecule has 0 spiro atoms. The van der Waals surface area contributed by atoms with E-state index in [4.69, 9.17) is 0 Å². The summed E-state index contributed by atoms with van der Waals surface area (Å²) in [5.74, 6) is -0.970. The van der Waals surface area contributed by atoms with Gasteiger partial charge < -0.3 is 10.3 Å². The maximum Gasteiger partial charge on any atom is 0.405 e. The van der Waals surface area contributed by atoms with E-state index in [1.54, 1.807) is 23.5 Å². The van der Waals surface area contributed by atoms with Crippen LogP contribution in [-0.2, 0) is 0 Å². The fourth-order valence-corrected chi connectivity index (χ4v) is 1.77. The van der Waals surface area contributed by atoms with Crippen LogP contribution in [0.4, 0.5) is 13.2 Å². The molecule has 0 aliphatic rings. The molecule has 0 bridgehead atoms. The van der Waals surface area contributed by atoms with E-state index in [2.05, 4.69) is 4.98 Å². The highest BCUT2D eigenvalue weighted by molar-refractivity contribution is 5.96. The first kappa shape index (κ1) is 14.1. The Kier molecular flexibility index (Phi) is 3.52. The molecular formula is C13H11F3N2O2. The topological polar surface area (TPSA) is 62.0 Å². The Morgan fingerprint density at radius 1 is 1.30 bits per heavy atom. The van der Waals surface area contributed by atoms with Gasteiger partial charge in [0.05, 0.1) is 0 Å². The van der Waals surface area contributed by atoms with E-state index >= 15 is 0 Å². The van der Waals surface area contributed by atoms with Crippen molar-refractivity contribution < 1.29 is 18.0 Å². The van der Waals surface area contributed by atoms with E-state index in [-0.39, 0.29) is 5.69 Å². The minimum Gasteiger partial charge on any atom is -0.342 e. The Balaban J connectivity index is 2.34. The van der Waals surface area contributed by atoms with Crippen molar-refractivity contribution in [2.24, 2.45) is 0 Å². The lowest BCUT2D eigenvalue weighted by atomic mass is 10.1. The van der Waals surface area contributed by atoms with E-state index < -0.39 is 24.2 Å². The number of aromatic amines is 1. The molecule has 0 saturated carbocycles. The first-order chi connectivity index (χ1) is 9.26. The second-order valence-corrected chi connectivity index (χ2v) is 4.40. The molecule has 1 aromatic carbocycles. The van der Waals surface area contributed by atoms with Gasteiger partial charge in [-0.25, -0.2) is 0 Å². The highest BCUT2D eigenvalue weighted by Gasteiger charge is 2.28. The third kappa shape index (κ3) is 3.17. The van der Waals surface area contributed by atoms with Crippen LogP contribution in [0.1, 0.15) is 16.1 Å². The van der Waals surface area contributed by atoms with Crippen molar-refractivity contribution in [2.45, 2.75) is 13.1 Å². The summed E-state index contributed by atoms with van der Waals surface area (Å²) >= 11 is 0. The molecular weight excluding hydrogens is 273 g/mol. The number of fused-ring (bicyclic) bond motifs is 1. The summed E-state index contributed by atoms with van der Waals surface area (Å²) in [6.07, 6.45) is -4.50. The third-order valence-corrected chi connectivity index (χ3v) is 2.70. The fraction of sp³-hybridized carbons (Fsp3) is 0.231. The zero-order valence-electron chi connectivity index (χ0n) is 10.5. The first-order valence-corrected chi connectivity index (χ1v) is 5.75. The van der Waals surface area contributed by atoms with Gasteiger partial charge in [0.15, 0.2) is 0 Å². The third-order valence-electron chi connectivity index (χ3n) is 2.70. The number of alkyl halides is 3. The summed E-state index contributed by atoms with van der Waals surface area (Å²) in [4.78, 5) is 25.7. The second kappa shape index (κ2) is 4.99. The SMILES string of the molecule is Cc1ccc2cc(C(=O)NCC(F)(F)F)[nH]c(=O)c2c1. The van der Waals surface area contributed by atoms with E-state index in [0.29, 0.717) is 10.8 Å². The Morgan fingerprint density at radius 3 is 2.65 bits per heavy atom. The van der Waals surface area contributed by atoms with Crippen molar-refractivity contribution >= 4 is 16.7 Å².